The van der Waals surface area contributed by atoms with E-state index in [1.807, 2.05) is 18.2 Å². The number of carboxylic acids is 1. The van der Waals surface area contributed by atoms with E-state index >= 15 is 0 Å². The maximum Gasteiger partial charge on any atom is 0.339 e. The van der Waals surface area contributed by atoms with Gasteiger partial charge in [-0.15, -0.1) is 0 Å². The molecule has 2 amide bonds. The van der Waals surface area contributed by atoms with E-state index < -0.39 is 12.0 Å². The summed E-state index contributed by atoms with van der Waals surface area (Å²) in [6.07, 6.45) is -0.0353. The van der Waals surface area contributed by atoms with Crippen LogP contribution in [0.3, 0.4) is 0 Å². The summed E-state index contributed by atoms with van der Waals surface area (Å²) in [7, 11) is 0. The van der Waals surface area contributed by atoms with Crippen molar-refractivity contribution in [1.29, 1.82) is 0 Å². The largest absolute Gasteiger partial charge is 0.550 e. The molecule has 0 atom stereocenters. The fourth-order valence-electron chi connectivity index (χ4n) is 1.93. The zero-order valence-electron chi connectivity index (χ0n) is 12.7. The molecule has 0 saturated carbocycles. The monoisotopic (exact) mass is 388 g/mol. The number of urea groups is 1. The first-order valence-electron chi connectivity index (χ1n) is 7.19. The number of hydrazone groups is 1. The van der Waals surface area contributed by atoms with Crippen molar-refractivity contribution >= 4 is 39.3 Å². The molecule has 7 heteroatoms. The van der Waals surface area contributed by atoms with E-state index in [0.717, 1.165) is 10.0 Å². The maximum absolute atomic E-state index is 11.9. The fraction of sp³-hybridized carbons (Fsp3) is 0.118. The van der Waals surface area contributed by atoms with E-state index in [1.54, 1.807) is 36.4 Å². The Hall–Kier alpha value is -2.67. The summed E-state index contributed by atoms with van der Waals surface area (Å²) in [5.74, 6) is -1.17. The predicted molar refractivity (Wildman–Crippen MR) is 93.5 cm³/mol. The van der Waals surface area contributed by atoms with Crippen molar-refractivity contribution in [3.8, 4) is 0 Å². The van der Waals surface area contributed by atoms with Crippen LogP contribution in [-0.2, 0) is 4.79 Å². The maximum atomic E-state index is 11.9. The third kappa shape index (κ3) is 5.85. The smallest absolute Gasteiger partial charge is 0.339 e. The van der Waals surface area contributed by atoms with Crippen LogP contribution in [0.25, 0.3) is 0 Å². The molecule has 0 aromatic heterocycles. The van der Waals surface area contributed by atoms with E-state index in [0.29, 0.717) is 11.4 Å². The zero-order valence-corrected chi connectivity index (χ0v) is 14.2. The molecule has 6 nitrogen and oxygen atoms in total. The quantitative estimate of drug-likeness (QED) is 0.587. The molecular weight excluding hydrogens is 374 g/mol. The number of carboxylic acid groups (broad SMARTS) is 1. The zero-order chi connectivity index (χ0) is 17.4. The molecular formula is C17H15BrN3O3-. The highest BCUT2D eigenvalue weighted by Crippen LogP contribution is 2.13. The van der Waals surface area contributed by atoms with Crippen molar-refractivity contribution in [1.82, 2.24) is 5.43 Å². The molecule has 0 unspecified atom stereocenters. The molecule has 24 heavy (non-hydrogen) atoms. The number of halogens is 1. The number of hydrogen-bond donors (Lipinski definition) is 2. The first kappa shape index (κ1) is 17.7. The number of aliphatic carboxylic acids is 1. The number of amides is 2. The molecule has 0 heterocycles. The van der Waals surface area contributed by atoms with Gasteiger partial charge in [0.1, 0.15) is 0 Å². The lowest BCUT2D eigenvalue weighted by Crippen LogP contribution is -2.27. The molecule has 0 spiro atoms. The van der Waals surface area contributed by atoms with E-state index in [4.69, 9.17) is 0 Å². The van der Waals surface area contributed by atoms with E-state index in [-0.39, 0.29) is 12.8 Å². The molecule has 0 aliphatic rings. The molecule has 2 N–H and O–H groups in total. The topological polar surface area (TPSA) is 93.6 Å². The Labute approximate surface area is 147 Å². The van der Waals surface area contributed by atoms with E-state index in [2.05, 4.69) is 31.8 Å². The van der Waals surface area contributed by atoms with Crippen LogP contribution in [0, 0.1) is 0 Å². The number of nitrogens with one attached hydrogen (secondary N) is 2. The first-order valence-corrected chi connectivity index (χ1v) is 7.98. The summed E-state index contributed by atoms with van der Waals surface area (Å²) in [6, 6.07) is 15.6. The van der Waals surface area contributed by atoms with E-state index in [1.165, 1.54) is 0 Å². The van der Waals surface area contributed by atoms with Gasteiger partial charge in [-0.05, 0) is 42.7 Å². The number of hydrogen-bond acceptors (Lipinski definition) is 4. The van der Waals surface area contributed by atoms with Gasteiger partial charge in [0.05, 0.1) is 5.71 Å². The third-order valence-corrected chi connectivity index (χ3v) is 3.60. The van der Waals surface area contributed by atoms with Gasteiger partial charge < -0.3 is 15.2 Å². The van der Waals surface area contributed by atoms with Crippen LogP contribution < -0.4 is 15.8 Å². The molecule has 0 aliphatic carbocycles. The van der Waals surface area contributed by atoms with Gasteiger partial charge in [-0.25, -0.2) is 10.2 Å². The van der Waals surface area contributed by atoms with Crippen molar-refractivity contribution in [2.45, 2.75) is 12.8 Å². The van der Waals surface area contributed by atoms with Crippen LogP contribution in [0.5, 0.6) is 0 Å². The molecule has 0 fully saturated rings. The second-order valence-electron chi connectivity index (χ2n) is 4.87. The molecule has 0 radical (unpaired) electrons. The van der Waals surface area contributed by atoms with Crippen molar-refractivity contribution in [2.75, 3.05) is 5.32 Å². The minimum atomic E-state index is -1.17. The predicted octanol–water partition coefficient (Wildman–Crippen LogP) is 2.50. The molecule has 0 bridgehead atoms. The number of carbonyl (C=O) groups is 2. The van der Waals surface area contributed by atoms with Gasteiger partial charge in [0.25, 0.3) is 0 Å². The van der Waals surface area contributed by atoms with Crippen molar-refractivity contribution in [3.63, 3.8) is 0 Å². The Morgan fingerprint density at radius 2 is 1.67 bits per heavy atom. The molecule has 2 rings (SSSR count). The van der Waals surface area contributed by atoms with Gasteiger partial charge in [-0.2, -0.15) is 5.10 Å². The Morgan fingerprint density at radius 1 is 1.00 bits per heavy atom. The van der Waals surface area contributed by atoms with Gasteiger partial charge in [0, 0.05) is 16.1 Å². The Kier molecular flexibility index (Phi) is 6.51. The number of anilines is 1. The van der Waals surface area contributed by atoms with Crippen LogP contribution >= 0.6 is 15.9 Å². The summed E-state index contributed by atoms with van der Waals surface area (Å²) < 4.78 is 0.889. The summed E-state index contributed by atoms with van der Waals surface area (Å²) in [5.41, 5.74) is 4.19. The summed E-state index contributed by atoms with van der Waals surface area (Å²) in [5, 5.41) is 17.4. The SMILES string of the molecule is O=C([O-])CC/C(=N/NC(=O)Nc1ccccc1)c1ccc(Br)cc1. The van der Waals surface area contributed by atoms with Crippen molar-refractivity contribution < 1.29 is 14.7 Å². The normalized spacial score (nSPS) is 11.0. The Balaban J connectivity index is 2.07. The lowest BCUT2D eigenvalue weighted by atomic mass is 10.1. The highest BCUT2D eigenvalue weighted by atomic mass is 79.9. The van der Waals surface area contributed by atoms with Crippen molar-refractivity contribution in [3.05, 3.63) is 64.6 Å². The molecule has 124 valence electrons. The van der Waals surface area contributed by atoms with Gasteiger partial charge in [-0.1, -0.05) is 46.3 Å². The summed E-state index contributed by atoms with van der Waals surface area (Å²) in [4.78, 5) is 22.6. The number of carbonyl (C=O) groups excluding carboxylic acids is 2. The minimum absolute atomic E-state index is 0.148. The summed E-state index contributed by atoms with van der Waals surface area (Å²) in [6.45, 7) is 0. The van der Waals surface area contributed by atoms with Crippen molar-refractivity contribution in [2.24, 2.45) is 5.10 Å². The van der Waals surface area contributed by atoms with Crippen LogP contribution in [0.4, 0.5) is 10.5 Å². The molecule has 0 saturated heterocycles. The van der Waals surface area contributed by atoms with E-state index in [9.17, 15) is 14.7 Å². The van der Waals surface area contributed by atoms with Crippen LogP contribution in [0.2, 0.25) is 0 Å². The summed E-state index contributed by atoms with van der Waals surface area (Å²) >= 11 is 3.33. The van der Waals surface area contributed by atoms with Gasteiger partial charge in [0.2, 0.25) is 0 Å². The van der Waals surface area contributed by atoms with Gasteiger partial charge in [-0.3, -0.25) is 0 Å². The number of para-hydroxylation sites is 1. The number of nitrogens with zero attached hydrogens (tertiary/aromatic N) is 1. The molecule has 0 aliphatic heterocycles. The average molecular weight is 389 g/mol. The first-order chi connectivity index (χ1) is 11.5. The lowest BCUT2D eigenvalue weighted by Gasteiger charge is -2.09. The minimum Gasteiger partial charge on any atom is -0.550 e. The lowest BCUT2D eigenvalue weighted by molar-refractivity contribution is -0.305. The highest BCUT2D eigenvalue weighted by Gasteiger charge is 2.06. The average Bonchev–Trinajstić information content (AvgIpc) is 2.57. The standard InChI is InChI=1S/C17H16BrN3O3/c18-13-8-6-12(7-9-13)15(10-11-16(22)23)20-21-17(24)19-14-4-2-1-3-5-14/h1-9H,10-11H2,(H,22,23)(H2,19,21,24)/p-1/b20-15-. The highest BCUT2D eigenvalue weighted by molar-refractivity contribution is 9.10. The van der Waals surface area contributed by atoms with Crippen LogP contribution in [0.15, 0.2) is 64.2 Å². The Bertz CT molecular complexity index is 731. The second-order valence-corrected chi connectivity index (χ2v) is 5.79. The molecule has 2 aromatic carbocycles. The number of benzene rings is 2. The number of rotatable bonds is 6. The Morgan fingerprint density at radius 3 is 2.29 bits per heavy atom. The molecule has 2 aromatic rings. The van der Waals surface area contributed by atoms with Gasteiger partial charge >= 0.3 is 6.03 Å². The second kappa shape index (κ2) is 8.83. The third-order valence-electron chi connectivity index (χ3n) is 3.07. The van der Waals surface area contributed by atoms with Crippen LogP contribution in [-0.4, -0.2) is 17.7 Å². The van der Waals surface area contributed by atoms with Gasteiger partial charge in [0.15, 0.2) is 0 Å². The van der Waals surface area contributed by atoms with Crippen LogP contribution in [0.1, 0.15) is 18.4 Å². The fourth-order valence-corrected chi connectivity index (χ4v) is 2.19.